The lowest BCUT2D eigenvalue weighted by atomic mass is 10.3. The number of carbonyl (C=O) groups is 1. The maximum Gasteiger partial charge on any atom is 0.303 e. The predicted octanol–water partition coefficient (Wildman–Crippen LogP) is 0.501. The van der Waals surface area contributed by atoms with Gasteiger partial charge in [-0.25, -0.2) is 13.1 Å². The maximum atomic E-state index is 11.7. The Morgan fingerprint density at radius 2 is 1.89 bits per heavy atom. The molecular formula is C11H24N2O4S. The molecule has 0 spiro atoms. The van der Waals surface area contributed by atoms with Crippen LogP contribution in [0, 0.1) is 0 Å². The third kappa shape index (κ3) is 8.43. The molecule has 0 radical (unpaired) electrons. The van der Waals surface area contributed by atoms with Gasteiger partial charge in [-0.3, -0.25) is 4.79 Å². The summed E-state index contributed by atoms with van der Waals surface area (Å²) in [6.45, 7) is 8.27. The molecule has 0 aliphatic carbocycles. The van der Waals surface area contributed by atoms with Crippen LogP contribution in [0.15, 0.2) is 0 Å². The van der Waals surface area contributed by atoms with Crippen LogP contribution in [-0.2, 0) is 14.8 Å². The van der Waals surface area contributed by atoms with Gasteiger partial charge in [0.2, 0.25) is 10.0 Å². The first-order chi connectivity index (χ1) is 8.30. The van der Waals surface area contributed by atoms with E-state index in [1.807, 2.05) is 20.8 Å². The average Bonchev–Trinajstić information content (AvgIpc) is 2.24. The molecule has 0 saturated carbocycles. The van der Waals surface area contributed by atoms with E-state index in [-0.39, 0.29) is 24.6 Å². The largest absolute Gasteiger partial charge is 0.481 e. The highest BCUT2D eigenvalue weighted by molar-refractivity contribution is 7.89. The lowest BCUT2D eigenvalue weighted by molar-refractivity contribution is -0.137. The highest BCUT2D eigenvalue weighted by atomic mass is 32.2. The summed E-state index contributed by atoms with van der Waals surface area (Å²) < 4.78 is 25.9. The first kappa shape index (κ1) is 17.3. The Morgan fingerprint density at radius 3 is 2.33 bits per heavy atom. The highest BCUT2D eigenvalue weighted by Gasteiger charge is 2.16. The van der Waals surface area contributed by atoms with Gasteiger partial charge >= 0.3 is 5.97 Å². The molecular weight excluding hydrogens is 256 g/mol. The van der Waals surface area contributed by atoms with Crippen LogP contribution in [0.25, 0.3) is 0 Å². The first-order valence-corrected chi connectivity index (χ1v) is 7.90. The van der Waals surface area contributed by atoms with Gasteiger partial charge in [-0.15, -0.1) is 0 Å². The zero-order chi connectivity index (χ0) is 14.2. The van der Waals surface area contributed by atoms with E-state index in [1.54, 1.807) is 0 Å². The second-order valence-electron chi connectivity index (χ2n) is 4.32. The Balaban J connectivity index is 4.10. The number of likely N-dealkylation sites (N-methyl/N-ethyl adjacent to an activating group) is 1. The average molecular weight is 280 g/mol. The Morgan fingerprint density at radius 1 is 1.33 bits per heavy atom. The summed E-state index contributed by atoms with van der Waals surface area (Å²) >= 11 is 0. The second kappa shape index (κ2) is 8.44. The van der Waals surface area contributed by atoms with E-state index < -0.39 is 16.0 Å². The number of hydrogen-bond donors (Lipinski definition) is 2. The minimum Gasteiger partial charge on any atom is -0.481 e. The monoisotopic (exact) mass is 280 g/mol. The summed E-state index contributed by atoms with van der Waals surface area (Å²) in [7, 11) is -3.38. The van der Waals surface area contributed by atoms with Crippen molar-refractivity contribution >= 4 is 16.0 Å². The van der Waals surface area contributed by atoms with Crippen molar-refractivity contribution in [3.05, 3.63) is 0 Å². The first-order valence-electron chi connectivity index (χ1n) is 6.24. The number of nitrogens with one attached hydrogen (secondary N) is 1. The summed E-state index contributed by atoms with van der Waals surface area (Å²) in [6, 6.07) is -0.167. The van der Waals surface area contributed by atoms with Gasteiger partial charge in [-0.2, -0.15) is 0 Å². The molecule has 0 fully saturated rings. The zero-order valence-corrected chi connectivity index (χ0v) is 12.2. The molecule has 0 heterocycles. The van der Waals surface area contributed by atoms with Crippen molar-refractivity contribution in [2.24, 2.45) is 0 Å². The maximum absolute atomic E-state index is 11.7. The summed E-state index contributed by atoms with van der Waals surface area (Å²) in [6.07, 6.45) is 0.0218. The number of hydrogen-bond acceptors (Lipinski definition) is 4. The fraction of sp³-hybridized carbons (Fsp3) is 0.909. The van der Waals surface area contributed by atoms with Crippen LogP contribution >= 0.6 is 0 Å². The van der Waals surface area contributed by atoms with Crippen LogP contribution < -0.4 is 4.72 Å². The van der Waals surface area contributed by atoms with Crippen molar-refractivity contribution in [1.82, 2.24) is 9.62 Å². The van der Waals surface area contributed by atoms with Crippen LogP contribution in [0.3, 0.4) is 0 Å². The molecule has 7 heteroatoms. The van der Waals surface area contributed by atoms with E-state index in [0.717, 1.165) is 13.1 Å². The minimum atomic E-state index is -3.38. The van der Waals surface area contributed by atoms with Gasteiger partial charge in [-0.05, 0) is 26.4 Å². The molecule has 0 aromatic carbocycles. The molecule has 2 N–H and O–H groups in total. The molecule has 18 heavy (non-hydrogen) atoms. The minimum absolute atomic E-state index is 0.120. The quantitative estimate of drug-likeness (QED) is 0.608. The summed E-state index contributed by atoms with van der Waals surface area (Å²) in [5.41, 5.74) is 0. The third-order valence-electron chi connectivity index (χ3n) is 2.61. The summed E-state index contributed by atoms with van der Waals surface area (Å²) in [5.74, 6) is -1.11. The molecule has 6 nitrogen and oxygen atoms in total. The molecule has 0 aliphatic rings. The van der Waals surface area contributed by atoms with E-state index in [9.17, 15) is 13.2 Å². The Hall–Kier alpha value is -0.660. The van der Waals surface area contributed by atoms with E-state index in [1.165, 1.54) is 0 Å². The molecule has 1 unspecified atom stereocenters. The molecule has 0 aromatic heterocycles. The third-order valence-corrected chi connectivity index (χ3v) is 4.20. The standard InChI is InChI=1S/C11H24N2O4S/c1-4-13(5-2)9-10(3)12-18(16,17)8-6-7-11(14)15/h10,12H,4-9H2,1-3H3,(H,14,15). The van der Waals surface area contributed by atoms with Gasteiger partial charge < -0.3 is 10.0 Å². The molecule has 0 amide bonds. The Labute approximate surface area is 109 Å². The molecule has 0 bridgehead atoms. The number of nitrogens with zero attached hydrogens (tertiary/aromatic N) is 1. The van der Waals surface area contributed by atoms with E-state index in [4.69, 9.17) is 5.11 Å². The van der Waals surface area contributed by atoms with Crippen molar-refractivity contribution in [2.75, 3.05) is 25.4 Å². The molecule has 0 rings (SSSR count). The van der Waals surface area contributed by atoms with Gasteiger partial charge in [0.05, 0.1) is 5.75 Å². The topological polar surface area (TPSA) is 86.7 Å². The molecule has 1 atom stereocenters. The van der Waals surface area contributed by atoms with Crippen molar-refractivity contribution < 1.29 is 18.3 Å². The van der Waals surface area contributed by atoms with Crippen molar-refractivity contribution in [3.8, 4) is 0 Å². The highest BCUT2D eigenvalue weighted by Crippen LogP contribution is 1.98. The van der Waals surface area contributed by atoms with Crippen LogP contribution in [0.5, 0.6) is 0 Å². The van der Waals surface area contributed by atoms with Gasteiger partial charge in [0.15, 0.2) is 0 Å². The van der Waals surface area contributed by atoms with Gasteiger partial charge in [0, 0.05) is 19.0 Å². The molecule has 0 saturated heterocycles. The van der Waals surface area contributed by atoms with Crippen LogP contribution in [0.4, 0.5) is 0 Å². The van der Waals surface area contributed by atoms with Crippen LogP contribution in [0.1, 0.15) is 33.6 Å². The van der Waals surface area contributed by atoms with Crippen molar-refractivity contribution in [1.29, 1.82) is 0 Å². The lowest BCUT2D eigenvalue weighted by Crippen LogP contribution is -2.42. The fourth-order valence-corrected chi connectivity index (χ4v) is 3.02. The number of carboxylic acid groups (broad SMARTS) is 1. The van der Waals surface area contributed by atoms with Gasteiger partial charge in [0.1, 0.15) is 0 Å². The van der Waals surface area contributed by atoms with E-state index >= 15 is 0 Å². The number of sulfonamides is 1. The van der Waals surface area contributed by atoms with Crippen molar-refractivity contribution in [2.45, 2.75) is 39.7 Å². The number of aliphatic carboxylic acids is 1. The lowest BCUT2D eigenvalue weighted by Gasteiger charge is -2.23. The number of rotatable bonds is 10. The summed E-state index contributed by atoms with van der Waals surface area (Å²) in [4.78, 5) is 12.4. The smallest absolute Gasteiger partial charge is 0.303 e. The van der Waals surface area contributed by atoms with Crippen LogP contribution in [0.2, 0.25) is 0 Å². The second-order valence-corrected chi connectivity index (χ2v) is 6.19. The van der Waals surface area contributed by atoms with Crippen molar-refractivity contribution in [3.63, 3.8) is 0 Å². The van der Waals surface area contributed by atoms with Gasteiger partial charge in [-0.1, -0.05) is 13.8 Å². The Bertz CT molecular complexity index is 339. The predicted molar refractivity (Wildman–Crippen MR) is 71.0 cm³/mol. The molecule has 0 aromatic rings. The molecule has 108 valence electrons. The zero-order valence-electron chi connectivity index (χ0n) is 11.3. The van der Waals surface area contributed by atoms with Crippen LogP contribution in [-0.4, -0.2) is 55.8 Å². The molecule has 0 aliphatic heterocycles. The SMILES string of the molecule is CCN(CC)CC(C)NS(=O)(=O)CCCC(=O)O. The number of carboxylic acids is 1. The normalized spacial score (nSPS) is 13.8. The summed E-state index contributed by atoms with van der Waals surface area (Å²) in [5, 5.41) is 8.45. The van der Waals surface area contributed by atoms with Gasteiger partial charge in [0.25, 0.3) is 0 Å². The van der Waals surface area contributed by atoms with E-state index in [2.05, 4.69) is 9.62 Å². The Kier molecular flexibility index (Phi) is 8.13. The van der Waals surface area contributed by atoms with E-state index in [0.29, 0.717) is 6.54 Å². The fourth-order valence-electron chi connectivity index (χ4n) is 1.69.